The van der Waals surface area contributed by atoms with Gasteiger partial charge < -0.3 is 15.0 Å². The maximum absolute atomic E-state index is 6.01. The van der Waals surface area contributed by atoms with Gasteiger partial charge >= 0.3 is 0 Å². The van der Waals surface area contributed by atoms with Gasteiger partial charge in [-0.25, -0.2) is 0 Å². The van der Waals surface area contributed by atoms with Crippen LogP contribution in [0.3, 0.4) is 0 Å². The summed E-state index contributed by atoms with van der Waals surface area (Å²) in [6, 6.07) is 8.61. The topological polar surface area (TPSA) is 24.5 Å². The second-order valence-corrected chi connectivity index (χ2v) is 5.79. The largest absolute Gasteiger partial charge is 0.486 e. The molecule has 3 heteroatoms. The quantitative estimate of drug-likeness (QED) is 0.810. The molecule has 0 saturated carbocycles. The van der Waals surface area contributed by atoms with E-state index in [2.05, 4.69) is 56.4 Å². The van der Waals surface area contributed by atoms with Crippen molar-refractivity contribution in [2.24, 2.45) is 0 Å². The number of nitrogens with one attached hydrogen (secondary N) is 1. The highest BCUT2D eigenvalue weighted by atomic mass is 16.5. The molecule has 1 aliphatic rings. The van der Waals surface area contributed by atoms with Gasteiger partial charge in [-0.3, -0.25) is 0 Å². The molecule has 0 bridgehead atoms. The first-order valence-electron chi connectivity index (χ1n) is 6.67. The lowest BCUT2D eigenvalue weighted by Gasteiger charge is -2.27. The Morgan fingerprint density at radius 1 is 1.28 bits per heavy atom. The van der Waals surface area contributed by atoms with Crippen molar-refractivity contribution in [2.75, 3.05) is 27.2 Å². The zero-order valence-corrected chi connectivity index (χ0v) is 11.9. The molecule has 0 aromatic heterocycles. The molecule has 0 spiro atoms. The summed E-state index contributed by atoms with van der Waals surface area (Å²) >= 11 is 0. The fraction of sp³-hybridized carbons (Fsp3) is 0.600. The first-order chi connectivity index (χ1) is 8.50. The van der Waals surface area contributed by atoms with Crippen LogP contribution in [-0.2, 0) is 0 Å². The van der Waals surface area contributed by atoms with Gasteiger partial charge in [-0.1, -0.05) is 18.2 Å². The summed E-state index contributed by atoms with van der Waals surface area (Å²) < 4.78 is 6.01. The van der Waals surface area contributed by atoms with Crippen LogP contribution in [0.1, 0.15) is 31.9 Å². The molecule has 100 valence electrons. The number of para-hydroxylation sites is 1. The van der Waals surface area contributed by atoms with E-state index in [4.69, 9.17) is 4.74 Å². The number of nitrogens with zero attached hydrogens (tertiary/aromatic N) is 1. The minimum absolute atomic E-state index is 0.165. The minimum atomic E-state index is -0.165. The molecule has 1 aromatic carbocycles. The number of benzene rings is 1. The van der Waals surface area contributed by atoms with Crippen molar-refractivity contribution >= 4 is 0 Å². The van der Waals surface area contributed by atoms with Crippen molar-refractivity contribution in [3.63, 3.8) is 0 Å². The van der Waals surface area contributed by atoms with Gasteiger partial charge in [-0.2, -0.15) is 0 Å². The van der Waals surface area contributed by atoms with E-state index in [0.717, 1.165) is 25.3 Å². The van der Waals surface area contributed by atoms with Crippen LogP contribution in [-0.4, -0.2) is 37.7 Å². The second kappa shape index (κ2) is 5.29. The van der Waals surface area contributed by atoms with Crippen LogP contribution in [0, 0.1) is 0 Å². The van der Waals surface area contributed by atoms with Crippen molar-refractivity contribution in [2.45, 2.75) is 31.9 Å². The van der Waals surface area contributed by atoms with E-state index in [1.54, 1.807) is 0 Å². The summed E-state index contributed by atoms with van der Waals surface area (Å²) in [6.07, 6.45) is 1.15. The number of rotatable bonds is 5. The molecule has 1 unspecified atom stereocenters. The first kappa shape index (κ1) is 13.4. The molecule has 0 radical (unpaired) electrons. The number of ether oxygens (including phenoxy) is 1. The Labute approximate surface area is 110 Å². The summed E-state index contributed by atoms with van der Waals surface area (Å²) in [5.41, 5.74) is 1.12. The number of fused-ring (bicyclic) bond motifs is 1. The maximum Gasteiger partial charge on any atom is 0.125 e. The molecule has 0 amide bonds. The van der Waals surface area contributed by atoms with Crippen molar-refractivity contribution in [1.29, 1.82) is 0 Å². The Hall–Kier alpha value is -1.06. The van der Waals surface area contributed by atoms with E-state index in [-0.39, 0.29) is 11.6 Å². The van der Waals surface area contributed by atoms with Crippen molar-refractivity contribution in [1.82, 2.24) is 10.2 Å². The molecule has 0 fully saturated rings. The van der Waals surface area contributed by atoms with Gasteiger partial charge in [0.15, 0.2) is 0 Å². The summed E-state index contributed by atoms with van der Waals surface area (Å²) in [6.45, 7) is 6.43. The fourth-order valence-corrected chi connectivity index (χ4v) is 2.53. The van der Waals surface area contributed by atoms with Gasteiger partial charge in [0, 0.05) is 5.56 Å². The van der Waals surface area contributed by atoms with E-state index < -0.39 is 0 Å². The maximum atomic E-state index is 6.01. The molecule has 3 nitrogen and oxygen atoms in total. The van der Waals surface area contributed by atoms with Crippen LogP contribution in [0.15, 0.2) is 24.3 Å². The van der Waals surface area contributed by atoms with Crippen LogP contribution >= 0.6 is 0 Å². The molecule has 18 heavy (non-hydrogen) atoms. The Morgan fingerprint density at radius 2 is 2.00 bits per heavy atom. The third kappa shape index (κ3) is 2.85. The molecule has 1 heterocycles. The molecule has 0 aliphatic carbocycles. The molecule has 1 aromatic rings. The van der Waals surface area contributed by atoms with Gasteiger partial charge in [-0.05, 0) is 53.5 Å². The molecule has 2 rings (SSSR count). The highest BCUT2D eigenvalue weighted by Gasteiger charge is 2.40. The van der Waals surface area contributed by atoms with Crippen LogP contribution in [0.5, 0.6) is 5.75 Å². The standard InChI is InChI=1S/C15H24N2O/c1-15(2)14(16-10-7-11-17(3)4)12-8-5-6-9-13(12)18-15/h5-6,8-9,14,16H,7,10-11H2,1-4H3. The fourth-order valence-electron chi connectivity index (χ4n) is 2.53. The van der Waals surface area contributed by atoms with Crippen LogP contribution in [0.4, 0.5) is 0 Å². The second-order valence-electron chi connectivity index (χ2n) is 5.79. The number of hydrogen-bond donors (Lipinski definition) is 1. The lowest BCUT2D eigenvalue weighted by Crippen LogP contribution is -2.39. The average Bonchev–Trinajstić information content (AvgIpc) is 2.54. The summed E-state index contributed by atoms with van der Waals surface area (Å²) in [5, 5.41) is 3.63. The summed E-state index contributed by atoms with van der Waals surface area (Å²) in [5.74, 6) is 1.02. The molecular formula is C15H24N2O. The Balaban J connectivity index is 1.98. The molecule has 1 aliphatic heterocycles. The first-order valence-corrected chi connectivity index (χ1v) is 6.67. The zero-order valence-electron chi connectivity index (χ0n) is 11.9. The molecule has 0 saturated heterocycles. The predicted octanol–water partition coefficient (Wildman–Crippen LogP) is 2.44. The van der Waals surface area contributed by atoms with E-state index in [9.17, 15) is 0 Å². The van der Waals surface area contributed by atoms with Crippen molar-refractivity contribution in [3.05, 3.63) is 29.8 Å². The average molecular weight is 248 g/mol. The van der Waals surface area contributed by atoms with Crippen LogP contribution in [0.2, 0.25) is 0 Å². The molecule has 1 N–H and O–H groups in total. The zero-order chi connectivity index (χ0) is 13.2. The highest BCUT2D eigenvalue weighted by Crippen LogP contribution is 2.42. The van der Waals surface area contributed by atoms with E-state index in [1.165, 1.54) is 5.56 Å². The highest BCUT2D eigenvalue weighted by molar-refractivity contribution is 5.42. The normalized spacial score (nSPS) is 20.8. The predicted molar refractivity (Wildman–Crippen MR) is 75.1 cm³/mol. The van der Waals surface area contributed by atoms with Gasteiger partial charge in [-0.15, -0.1) is 0 Å². The lowest BCUT2D eigenvalue weighted by molar-refractivity contribution is 0.0962. The van der Waals surface area contributed by atoms with Crippen molar-refractivity contribution in [3.8, 4) is 5.75 Å². The minimum Gasteiger partial charge on any atom is -0.486 e. The smallest absolute Gasteiger partial charge is 0.125 e. The lowest BCUT2D eigenvalue weighted by atomic mass is 9.94. The third-order valence-corrected chi connectivity index (χ3v) is 3.43. The third-order valence-electron chi connectivity index (χ3n) is 3.43. The SMILES string of the molecule is CN(C)CCCNC1c2ccccc2OC1(C)C. The Bertz CT molecular complexity index is 401. The van der Waals surface area contributed by atoms with Crippen LogP contribution in [0.25, 0.3) is 0 Å². The molecule has 1 atom stereocenters. The summed E-state index contributed by atoms with van der Waals surface area (Å²) in [4.78, 5) is 2.21. The van der Waals surface area contributed by atoms with Gasteiger partial charge in [0.05, 0.1) is 6.04 Å². The van der Waals surface area contributed by atoms with Crippen LogP contribution < -0.4 is 10.1 Å². The number of hydrogen-bond acceptors (Lipinski definition) is 3. The Morgan fingerprint density at radius 3 is 2.72 bits per heavy atom. The van der Waals surface area contributed by atoms with Gasteiger partial charge in [0.1, 0.15) is 11.4 Å². The van der Waals surface area contributed by atoms with E-state index >= 15 is 0 Å². The molecular weight excluding hydrogens is 224 g/mol. The monoisotopic (exact) mass is 248 g/mol. The summed E-state index contributed by atoms with van der Waals surface area (Å²) in [7, 11) is 4.22. The van der Waals surface area contributed by atoms with E-state index in [1.807, 2.05) is 6.07 Å². The van der Waals surface area contributed by atoms with Crippen molar-refractivity contribution < 1.29 is 4.74 Å². The Kier molecular flexibility index (Phi) is 3.93. The van der Waals surface area contributed by atoms with Gasteiger partial charge in [0.2, 0.25) is 0 Å². The van der Waals surface area contributed by atoms with Gasteiger partial charge in [0.25, 0.3) is 0 Å². The van der Waals surface area contributed by atoms with E-state index in [0.29, 0.717) is 0 Å².